The van der Waals surface area contributed by atoms with Gasteiger partial charge in [0.05, 0.1) is 5.56 Å². The molecule has 0 fully saturated rings. The van der Waals surface area contributed by atoms with E-state index in [4.69, 9.17) is 4.74 Å². The lowest BCUT2D eigenvalue weighted by molar-refractivity contribution is 0.0812. The van der Waals surface area contributed by atoms with Crippen LogP contribution in [0.3, 0.4) is 0 Å². The van der Waals surface area contributed by atoms with Crippen molar-refractivity contribution in [2.24, 2.45) is 0 Å². The number of Topliss-reactive ketones (excluding diaryl/α,β-unsaturated/α-hetero) is 1. The fraction of sp³-hybridized carbons (Fsp3) is 0.188. The van der Waals surface area contributed by atoms with Gasteiger partial charge in [0.15, 0.2) is 6.10 Å². The molecule has 2 aromatic rings. The Balaban J connectivity index is 2.21. The highest BCUT2D eigenvalue weighted by Crippen LogP contribution is 2.22. The molecule has 1 unspecified atom stereocenters. The van der Waals surface area contributed by atoms with E-state index in [1.54, 1.807) is 6.92 Å². The van der Waals surface area contributed by atoms with Crippen molar-refractivity contribution in [1.82, 2.24) is 0 Å². The van der Waals surface area contributed by atoms with Gasteiger partial charge in [-0.05, 0) is 37.6 Å². The van der Waals surface area contributed by atoms with Crippen LogP contribution in [0.15, 0.2) is 36.4 Å². The number of ether oxygens (including phenoxy) is 1. The van der Waals surface area contributed by atoms with Gasteiger partial charge in [-0.3, -0.25) is 4.79 Å². The summed E-state index contributed by atoms with van der Waals surface area (Å²) < 4.78 is 44.9. The quantitative estimate of drug-likeness (QED) is 0.795. The van der Waals surface area contributed by atoms with E-state index in [9.17, 15) is 18.0 Å². The second kappa shape index (κ2) is 5.99. The van der Waals surface area contributed by atoms with E-state index < -0.39 is 29.3 Å². The van der Waals surface area contributed by atoms with Crippen molar-refractivity contribution in [3.8, 4) is 5.75 Å². The first kappa shape index (κ1) is 15.1. The Morgan fingerprint density at radius 2 is 1.67 bits per heavy atom. The van der Waals surface area contributed by atoms with Crippen molar-refractivity contribution >= 4 is 5.78 Å². The van der Waals surface area contributed by atoms with Crippen LogP contribution in [0.4, 0.5) is 13.2 Å². The first-order valence-electron chi connectivity index (χ1n) is 6.30. The van der Waals surface area contributed by atoms with Crippen molar-refractivity contribution in [3.63, 3.8) is 0 Å². The van der Waals surface area contributed by atoms with Crippen LogP contribution >= 0.6 is 0 Å². The molecule has 0 aliphatic heterocycles. The summed E-state index contributed by atoms with van der Waals surface area (Å²) in [6, 6.07) is 6.63. The molecule has 0 spiro atoms. The summed E-state index contributed by atoms with van der Waals surface area (Å²) in [7, 11) is 0. The summed E-state index contributed by atoms with van der Waals surface area (Å²) in [6.45, 7) is 3.12. The Morgan fingerprint density at radius 1 is 1.05 bits per heavy atom. The molecule has 0 radical (unpaired) electrons. The Hall–Kier alpha value is -2.30. The second-order valence-electron chi connectivity index (χ2n) is 4.66. The number of carbonyl (C=O) groups excluding carboxylic acids is 1. The highest BCUT2D eigenvalue weighted by Gasteiger charge is 2.21. The van der Waals surface area contributed by atoms with Crippen LogP contribution in [0.5, 0.6) is 5.75 Å². The zero-order valence-electron chi connectivity index (χ0n) is 11.5. The third kappa shape index (κ3) is 3.42. The zero-order valence-corrected chi connectivity index (χ0v) is 11.5. The van der Waals surface area contributed by atoms with Crippen molar-refractivity contribution in [2.45, 2.75) is 20.0 Å². The lowest BCUT2D eigenvalue weighted by Crippen LogP contribution is -2.25. The molecule has 110 valence electrons. The summed E-state index contributed by atoms with van der Waals surface area (Å²) >= 11 is 0. The lowest BCUT2D eigenvalue weighted by atomic mass is 10.1. The largest absolute Gasteiger partial charge is 0.482 e. The van der Waals surface area contributed by atoms with Crippen LogP contribution in [-0.4, -0.2) is 11.9 Å². The second-order valence-corrected chi connectivity index (χ2v) is 4.66. The molecular weight excluding hydrogens is 281 g/mol. The topological polar surface area (TPSA) is 26.3 Å². The average Bonchev–Trinajstić information content (AvgIpc) is 2.42. The van der Waals surface area contributed by atoms with E-state index in [2.05, 4.69) is 0 Å². The Bertz CT molecular complexity index is 683. The normalized spacial score (nSPS) is 12.0. The van der Waals surface area contributed by atoms with E-state index >= 15 is 0 Å². The van der Waals surface area contributed by atoms with Crippen LogP contribution in [0.25, 0.3) is 0 Å². The van der Waals surface area contributed by atoms with Crippen molar-refractivity contribution in [3.05, 3.63) is 65.0 Å². The molecule has 21 heavy (non-hydrogen) atoms. The first-order chi connectivity index (χ1) is 9.88. The molecule has 0 saturated heterocycles. The van der Waals surface area contributed by atoms with Gasteiger partial charge in [-0.1, -0.05) is 6.07 Å². The maximum atomic E-state index is 13.6. The number of hydrogen-bond donors (Lipinski definition) is 0. The number of hydrogen-bond acceptors (Lipinski definition) is 2. The fourth-order valence-corrected chi connectivity index (χ4v) is 1.85. The van der Waals surface area contributed by atoms with Gasteiger partial charge in [0.2, 0.25) is 5.78 Å². The molecule has 0 aromatic heterocycles. The average molecular weight is 294 g/mol. The van der Waals surface area contributed by atoms with Gasteiger partial charge in [-0.15, -0.1) is 0 Å². The van der Waals surface area contributed by atoms with Gasteiger partial charge in [0.25, 0.3) is 0 Å². The Morgan fingerprint density at radius 3 is 2.33 bits per heavy atom. The van der Waals surface area contributed by atoms with E-state index in [0.29, 0.717) is 11.6 Å². The molecule has 0 amide bonds. The molecule has 2 aromatic carbocycles. The number of benzene rings is 2. The first-order valence-corrected chi connectivity index (χ1v) is 6.30. The molecule has 0 bridgehead atoms. The monoisotopic (exact) mass is 294 g/mol. The van der Waals surface area contributed by atoms with Gasteiger partial charge >= 0.3 is 0 Å². The molecule has 2 rings (SSSR count). The summed E-state index contributed by atoms with van der Waals surface area (Å²) in [6.07, 6.45) is -1.02. The zero-order chi connectivity index (χ0) is 15.6. The predicted octanol–water partition coefficient (Wildman–Crippen LogP) is 4.06. The summed E-state index contributed by atoms with van der Waals surface area (Å²) in [5.74, 6) is -2.65. The molecule has 2 nitrogen and oxygen atoms in total. The number of ketones is 1. The standard InChI is InChI=1S/C16H13F3O2/c1-9-3-4-12(18)8-15(9)21-10(2)16(20)13-6-5-11(17)7-14(13)19/h3-8,10H,1-2H3. The predicted molar refractivity (Wildman–Crippen MR) is 71.9 cm³/mol. The summed E-state index contributed by atoms with van der Waals surface area (Å²) in [4.78, 5) is 12.1. The molecule has 5 heteroatoms. The van der Waals surface area contributed by atoms with Crippen molar-refractivity contribution in [2.75, 3.05) is 0 Å². The van der Waals surface area contributed by atoms with Crippen LogP contribution in [-0.2, 0) is 0 Å². The van der Waals surface area contributed by atoms with Crippen LogP contribution in [0, 0.1) is 24.4 Å². The SMILES string of the molecule is Cc1ccc(F)cc1OC(C)C(=O)c1ccc(F)cc1F. The molecule has 1 atom stereocenters. The smallest absolute Gasteiger partial charge is 0.205 e. The molecular formula is C16H13F3O2. The molecule has 0 heterocycles. The minimum atomic E-state index is -1.02. The van der Waals surface area contributed by atoms with E-state index in [1.807, 2.05) is 0 Å². The third-order valence-electron chi connectivity index (χ3n) is 3.02. The fourth-order valence-electron chi connectivity index (χ4n) is 1.85. The lowest BCUT2D eigenvalue weighted by Gasteiger charge is -2.16. The van der Waals surface area contributed by atoms with Crippen LogP contribution in [0.1, 0.15) is 22.8 Å². The number of halogens is 3. The van der Waals surface area contributed by atoms with Crippen LogP contribution < -0.4 is 4.74 Å². The van der Waals surface area contributed by atoms with Gasteiger partial charge in [-0.25, -0.2) is 13.2 Å². The van der Waals surface area contributed by atoms with Gasteiger partial charge in [0, 0.05) is 12.1 Å². The third-order valence-corrected chi connectivity index (χ3v) is 3.02. The maximum absolute atomic E-state index is 13.6. The van der Waals surface area contributed by atoms with Crippen molar-refractivity contribution in [1.29, 1.82) is 0 Å². The summed E-state index contributed by atoms with van der Waals surface area (Å²) in [5, 5.41) is 0. The Labute approximate surface area is 120 Å². The molecule has 0 aliphatic carbocycles. The van der Waals surface area contributed by atoms with Crippen molar-refractivity contribution < 1.29 is 22.7 Å². The minimum Gasteiger partial charge on any atom is -0.482 e. The molecule has 0 N–H and O–H groups in total. The van der Waals surface area contributed by atoms with Crippen LogP contribution in [0.2, 0.25) is 0 Å². The summed E-state index contributed by atoms with van der Waals surface area (Å²) in [5.41, 5.74) is 0.383. The van der Waals surface area contributed by atoms with E-state index in [0.717, 1.165) is 18.2 Å². The van der Waals surface area contributed by atoms with E-state index in [-0.39, 0.29) is 11.3 Å². The minimum absolute atomic E-state index is 0.207. The maximum Gasteiger partial charge on any atom is 0.205 e. The highest BCUT2D eigenvalue weighted by molar-refractivity contribution is 5.99. The van der Waals surface area contributed by atoms with Gasteiger partial charge < -0.3 is 4.74 Å². The highest BCUT2D eigenvalue weighted by atomic mass is 19.1. The molecule has 0 aliphatic rings. The van der Waals surface area contributed by atoms with Gasteiger partial charge in [-0.2, -0.15) is 0 Å². The van der Waals surface area contributed by atoms with Gasteiger partial charge in [0.1, 0.15) is 23.2 Å². The number of rotatable bonds is 4. The number of carbonyl (C=O) groups is 1. The molecule has 0 saturated carbocycles. The van der Waals surface area contributed by atoms with E-state index in [1.165, 1.54) is 19.1 Å². The Kier molecular flexibility index (Phi) is 4.31. The number of aryl methyl sites for hydroxylation is 1.